The molecule has 0 saturated carbocycles. The zero-order chi connectivity index (χ0) is 12.3. The molecule has 0 aliphatic carbocycles. The number of carbonyl (C=O) groups is 2. The highest BCUT2D eigenvalue weighted by Gasteiger charge is 2.44. The van der Waals surface area contributed by atoms with Crippen LogP contribution in [0.5, 0.6) is 0 Å². The Balaban J connectivity index is 2.96. The second kappa shape index (κ2) is 4.82. The van der Waals surface area contributed by atoms with Crippen molar-refractivity contribution in [2.75, 3.05) is 0 Å². The van der Waals surface area contributed by atoms with E-state index in [1.165, 1.54) is 12.1 Å². The molecular formula is C10H9Cl2NO3. The molecule has 0 bridgehead atoms. The Hall–Kier alpha value is -1.10. The number of hydrogen-bond donors (Lipinski definition) is 2. The van der Waals surface area contributed by atoms with Crippen molar-refractivity contribution in [2.24, 2.45) is 5.73 Å². The van der Waals surface area contributed by atoms with Crippen molar-refractivity contribution in [1.82, 2.24) is 0 Å². The monoisotopic (exact) mass is 261 g/mol. The van der Waals surface area contributed by atoms with E-state index in [0.29, 0.717) is 0 Å². The molecule has 1 unspecified atom stereocenters. The molecule has 0 heterocycles. The molecule has 3 N–H and O–H groups in total. The van der Waals surface area contributed by atoms with Crippen LogP contribution in [0, 0.1) is 0 Å². The van der Waals surface area contributed by atoms with Crippen molar-refractivity contribution in [1.29, 1.82) is 0 Å². The van der Waals surface area contributed by atoms with E-state index in [-0.39, 0.29) is 5.56 Å². The Morgan fingerprint density at radius 1 is 1.25 bits per heavy atom. The number of halogens is 2. The van der Waals surface area contributed by atoms with Crippen molar-refractivity contribution in [2.45, 2.75) is 10.4 Å². The average Bonchev–Trinajstić information content (AvgIpc) is 2.28. The van der Waals surface area contributed by atoms with Gasteiger partial charge in [-0.15, -0.1) is 0 Å². The standard InChI is InChI=1S/C10H9Cl2NO3/c11-10(12,9(15)16)8(13)7(14)6-4-2-1-3-5-6/h1-5,8H,13H2,(H,15,16). The quantitative estimate of drug-likeness (QED) is 0.635. The third kappa shape index (κ3) is 2.52. The Kier molecular flexibility index (Phi) is 3.91. The lowest BCUT2D eigenvalue weighted by Gasteiger charge is -2.20. The van der Waals surface area contributed by atoms with Gasteiger partial charge in [-0.1, -0.05) is 53.5 Å². The van der Waals surface area contributed by atoms with Crippen molar-refractivity contribution in [3.63, 3.8) is 0 Å². The van der Waals surface area contributed by atoms with Crippen molar-refractivity contribution in [3.8, 4) is 0 Å². The van der Waals surface area contributed by atoms with Crippen LogP contribution in [0.1, 0.15) is 10.4 Å². The molecule has 0 saturated heterocycles. The maximum atomic E-state index is 11.7. The molecule has 86 valence electrons. The summed E-state index contributed by atoms with van der Waals surface area (Å²) in [5.41, 5.74) is 5.70. The third-order valence-corrected chi connectivity index (χ3v) is 2.81. The maximum absolute atomic E-state index is 11.7. The summed E-state index contributed by atoms with van der Waals surface area (Å²) < 4.78 is -2.33. The predicted molar refractivity (Wildman–Crippen MR) is 60.8 cm³/mol. The number of hydrogen-bond acceptors (Lipinski definition) is 3. The van der Waals surface area contributed by atoms with Gasteiger partial charge in [0, 0.05) is 5.56 Å². The van der Waals surface area contributed by atoms with Gasteiger partial charge in [0.25, 0.3) is 0 Å². The van der Waals surface area contributed by atoms with Gasteiger partial charge in [0.1, 0.15) is 6.04 Å². The summed E-state index contributed by atoms with van der Waals surface area (Å²) >= 11 is 11.0. The molecule has 0 amide bonds. The van der Waals surface area contributed by atoms with Crippen molar-refractivity contribution < 1.29 is 14.7 Å². The Morgan fingerprint density at radius 3 is 2.19 bits per heavy atom. The lowest BCUT2D eigenvalue weighted by molar-refractivity contribution is -0.138. The molecule has 0 radical (unpaired) electrons. The van der Waals surface area contributed by atoms with E-state index < -0.39 is 22.1 Å². The molecule has 0 aliphatic heterocycles. The first kappa shape index (κ1) is 13.0. The van der Waals surface area contributed by atoms with Crippen LogP contribution in [0.4, 0.5) is 0 Å². The van der Waals surface area contributed by atoms with Gasteiger partial charge in [-0.2, -0.15) is 0 Å². The topological polar surface area (TPSA) is 80.4 Å². The molecule has 0 spiro atoms. The summed E-state index contributed by atoms with van der Waals surface area (Å²) in [6.07, 6.45) is 0. The molecule has 1 rings (SSSR count). The number of rotatable bonds is 4. The molecule has 6 heteroatoms. The van der Waals surface area contributed by atoms with Gasteiger partial charge in [0.15, 0.2) is 5.78 Å². The fourth-order valence-corrected chi connectivity index (χ4v) is 1.28. The summed E-state index contributed by atoms with van der Waals surface area (Å²) in [5.74, 6) is -2.17. The molecule has 0 aromatic heterocycles. The Labute approximate surface area is 102 Å². The largest absolute Gasteiger partial charge is 0.479 e. The van der Waals surface area contributed by atoms with Crippen molar-refractivity contribution >= 4 is 35.0 Å². The predicted octanol–water partition coefficient (Wildman–Crippen LogP) is 1.46. The number of carboxylic acid groups (broad SMARTS) is 1. The highest BCUT2D eigenvalue weighted by atomic mass is 35.5. The molecule has 0 fully saturated rings. The molecule has 0 aliphatic rings. The molecule has 1 atom stereocenters. The van der Waals surface area contributed by atoms with E-state index in [9.17, 15) is 9.59 Å². The number of ketones is 1. The summed E-state index contributed by atoms with van der Waals surface area (Å²) in [5, 5.41) is 8.71. The van der Waals surface area contributed by atoms with Crippen LogP contribution in [0.3, 0.4) is 0 Å². The van der Waals surface area contributed by atoms with E-state index >= 15 is 0 Å². The Morgan fingerprint density at radius 2 is 1.75 bits per heavy atom. The van der Waals surface area contributed by atoms with Gasteiger partial charge >= 0.3 is 5.97 Å². The summed E-state index contributed by atoms with van der Waals surface area (Å²) in [7, 11) is 0. The van der Waals surface area contributed by atoms with Crippen LogP contribution in [0.2, 0.25) is 0 Å². The minimum Gasteiger partial charge on any atom is -0.479 e. The van der Waals surface area contributed by atoms with Crippen LogP contribution < -0.4 is 5.73 Å². The van der Waals surface area contributed by atoms with E-state index in [4.69, 9.17) is 34.0 Å². The third-order valence-electron chi connectivity index (χ3n) is 2.02. The zero-order valence-electron chi connectivity index (χ0n) is 8.06. The second-order valence-corrected chi connectivity index (χ2v) is 4.52. The minimum absolute atomic E-state index is 0.266. The summed E-state index contributed by atoms with van der Waals surface area (Å²) in [6, 6.07) is 6.47. The molecular weight excluding hydrogens is 253 g/mol. The highest BCUT2D eigenvalue weighted by Crippen LogP contribution is 2.26. The smallest absolute Gasteiger partial charge is 0.342 e. The number of Topliss-reactive ketones (excluding diaryl/α,β-unsaturated/α-hetero) is 1. The van der Waals surface area contributed by atoms with E-state index in [2.05, 4.69) is 0 Å². The maximum Gasteiger partial charge on any atom is 0.342 e. The molecule has 16 heavy (non-hydrogen) atoms. The Bertz CT molecular complexity index is 406. The lowest BCUT2D eigenvalue weighted by atomic mass is 10.0. The zero-order valence-corrected chi connectivity index (χ0v) is 9.57. The summed E-state index contributed by atoms with van der Waals surface area (Å²) in [6.45, 7) is 0. The number of aliphatic carboxylic acids is 1. The number of carboxylic acids is 1. The van der Waals surface area contributed by atoms with Gasteiger partial charge in [-0.25, -0.2) is 4.79 Å². The normalized spacial score (nSPS) is 13.2. The van der Waals surface area contributed by atoms with Gasteiger partial charge < -0.3 is 10.8 Å². The van der Waals surface area contributed by atoms with Crippen LogP contribution in [0.25, 0.3) is 0 Å². The van der Waals surface area contributed by atoms with Gasteiger partial charge in [-0.05, 0) is 0 Å². The minimum atomic E-state index is -2.33. The fourth-order valence-electron chi connectivity index (χ4n) is 1.08. The van der Waals surface area contributed by atoms with Crippen LogP contribution in [-0.2, 0) is 4.79 Å². The van der Waals surface area contributed by atoms with E-state index in [1.807, 2.05) is 0 Å². The molecule has 4 nitrogen and oxygen atoms in total. The average molecular weight is 262 g/mol. The number of benzene rings is 1. The fraction of sp³-hybridized carbons (Fsp3) is 0.200. The van der Waals surface area contributed by atoms with Crippen molar-refractivity contribution in [3.05, 3.63) is 35.9 Å². The number of nitrogens with two attached hydrogens (primary N) is 1. The SMILES string of the molecule is NC(C(=O)c1ccccc1)C(Cl)(Cl)C(=O)O. The van der Waals surface area contributed by atoms with Crippen LogP contribution in [-0.4, -0.2) is 27.2 Å². The highest BCUT2D eigenvalue weighted by molar-refractivity contribution is 6.59. The summed E-state index contributed by atoms with van der Waals surface area (Å²) in [4.78, 5) is 22.4. The van der Waals surface area contributed by atoms with E-state index in [0.717, 1.165) is 0 Å². The number of alkyl halides is 2. The second-order valence-electron chi connectivity index (χ2n) is 3.14. The van der Waals surface area contributed by atoms with Crippen LogP contribution >= 0.6 is 23.2 Å². The first-order valence-corrected chi connectivity index (χ1v) is 5.09. The van der Waals surface area contributed by atoms with E-state index in [1.54, 1.807) is 18.2 Å². The first-order chi connectivity index (χ1) is 7.37. The van der Waals surface area contributed by atoms with Gasteiger partial charge in [0.05, 0.1) is 0 Å². The first-order valence-electron chi connectivity index (χ1n) is 4.33. The van der Waals surface area contributed by atoms with Crippen LogP contribution in [0.15, 0.2) is 30.3 Å². The van der Waals surface area contributed by atoms with Gasteiger partial charge in [-0.3, -0.25) is 4.79 Å². The molecule has 1 aromatic carbocycles. The lowest BCUT2D eigenvalue weighted by Crippen LogP contribution is -2.50. The number of carbonyl (C=O) groups excluding carboxylic acids is 1. The molecule has 1 aromatic rings. The van der Waals surface area contributed by atoms with Gasteiger partial charge in [0.2, 0.25) is 4.33 Å².